The smallest absolute Gasteiger partial charge is 0.223 e. The zero-order valence-electron chi connectivity index (χ0n) is 16.3. The molecule has 1 saturated heterocycles. The van der Waals surface area contributed by atoms with Gasteiger partial charge in [0.2, 0.25) is 5.91 Å². The molecule has 3 aromatic rings. The zero-order chi connectivity index (χ0) is 19.8. The van der Waals surface area contributed by atoms with Crippen LogP contribution in [0.2, 0.25) is 0 Å². The Bertz CT molecular complexity index is 1100. The first-order chi connectivity index (χ1) is 14.1. The Morgan fingerprint density at radius 3 is 2.72 bits per heavy atom. The van der Waals surface area contributed by atoms with Crippen molar-refractivity contribution >= 4 is 22.5 Å². The molecule has 5 rings (SSSR count). The molecule has 2 heterocycles. The van der Waals surface area contributed by atoms with Crippen molar-refractivity contribution < 1.29 is 14.3 Å². The van der Waals surface area contributed by atoms with Crippen LogP contribution in [0.15, 0.2) is 66.7 Å². The lowest BCUT2D eigenvalue weighted by atomic mass is 9.89. The van der Waals surface area contributed by atoms with Crippen molar-refractivity contribution in [1.82, 2.24) is 4.90 Å². The number of hydrogen-bond acceptors (Lipinski definition) is 3. The molecule has 4 nitrogen and oxygen atoms in total. The average molecular weight is 385 g/mol. The fraction of sp³-hybridized carbons (Fsp3) is 0.280. The minimum atomic E-state index is -0.569. The Morgan fingerprint density at radius 1 is 1.00 bits per heavy atom. The van der Waals surface area contributed by atoms with E-state index in [0.717, 1.165) is 0 Å². The summed E-state index contributed by atoms with van der Waals surface area (Å²) in [7, 11) is 0. The van der Waals surface area contributed by atoms with Crippen LogP contribution in [0.1, 0.15) is 35.2 Å². The van der Waals surface area contributed by atoms with Gasteiger partial charge in [0.05, 0.1) is 18.5 Å². The molecule has 1 spiro atoms. The number of benzene rings is 3. The van der Waals surface area contributed by atoms with E-state index < -0.39 is 5.60 Å². The molecule has 1 fully saturated rings. The Kier molecular flexibility index (Phi) is 4.35. The van der Waals surface area contributed by atoms with Crippen molar-refractivity contribution in [2.75, 3.05) is 13.1 Å². The lowest BCUT2D eigenvalue weighted by Crippen LogP contribution is -2.45. The lowest BCUT2D eigenvalue weighted by Gasteiger charge is -2.34. The predicted octanol–water partition coefficient (Wildman–Crippen LogP) is 4.41. The minimum absolute atomic E-state index is 0.108. The summed E-state index contributed by atoms with van der Waals surface area (Å²) in [4.78, 5) is 27.3. The second kappa shape index (κ2) is 7.03. The molecule has 1 amide bonds. The molecule has 0 N–H and O–H groups in total. The maximum Gasteiger partial charge on any atom is 0.223 e. The fourth-order valence-corrected chi connectivity index (χ4v) is 4.64. The highest BCUT2D eigenvalue weighted by molar-refractivity contribution is 6.00. The van der Waals surface area contributed by atoms with Gasteiger partial charge in [-0.1, -0.05) is 54.6 Å². The summed E-state index contributed by atoms with van der Waals surface area (Å²) in [6.07, 6.45) is 2.23. The maximum atomic E-state index is 12.9. The number of Topliss-reactive ketones (excluding diaryl/α,β-unsaturated/α-hetero) is 1. The SMILES string of the molecule is O=C1CC2(CCN(C(=O)CCc3cccc4ccccc34)C2)Oc2ccccc21. The number of hydrogen-bond donors (Lipinski definition) is 0. The first kappa shape index (κ1) is 17.9. The van der Waals surface area contributed by atoms with Gasteiger partial charge in [-0.05, 0) is 34.9 Å². The van der Waals surface area contributed by atoms with Crippen molar-refractivity contribution in [3.8, 4) is 5.75 Å². The van der Waals surface area contributed by atoms with Gasteiger partial charge in [0.1, 0.15) is 11.4 Å². The van der Waals surface area contributed by atoms with Crippen LogP contribution in [0.4, 0.5) is 0 Å². The summed E-state index contributed by atoms with van der Waals surface area (Å²) in [5, 5.41) is 2.41. The van der Waals surface area contributed by atoms with Crippen molar-refractivity contribution in [1.29, 1.82) is 0 Å². The molecule has 0 aliphatic carbocycles. The number of amides is 1. The van der Waals surface area contributed by atoms with E-state index >= 15 is 0 Å². The number of ketones is 1. The molecule has 146 valence electrons. The molecule has 4 heteroatoms. The number of carbonyl (C=O) groups is 2. The molecular weight excluding hydrogens is 362 g/mol. The molecule has 2 aliphatic heterocycles. The number of fused-ring (bicyclic) bond motifs is 2. The molecule has 1 atom stereocenters. The second-order valence-corrected chi connectivity index (χ2v) is 8.08. The highest BCUT2D eigenvalue weighted by atomic mass is 16.5. The molecule has 0 radical (unpaired) electrons. The number of nitrogens with zero attached hydrogens (tertiary/aromatic N) is 1. The highest BCUT2D eigenvalue weighted by Gasteiger charge is 2.46. The average Bonchev–Trinajstić information content (AvgIpc) is 3.15. The Hall–Kier alpha value is -3.14. The monoisotopic (exact) mass is 385 g/mol. The van der Waals surface area contributed by atoms with Gasteiger partial charge >= 0.3 is 0 Å². The van der Waals surface area contributed by atoms with Gasteiger partial charge in [0.25, 0.3) is 0 Å². The summed E-state index contributed by atoms with van der Waals surface area (Å²) in [6, 6.07) is 21.9. The van der Waals surface area contributed by atoms with Gasteiger partial charge in [0, 0.05) is 19.4 Å². The number of para-hydroxylation sites is 1. The van der Waals surface area contributed by atoms with E-state index in [-0.39, 0.29) is 11.7 Å². The van der Waals surface area contributed by atoms with Crippen molar-refractivity contribution in [2.45, 2.75) is 31.3 Å². The van der Waals surface area contributed by atoms with E-state index in [1.807, 2.05) is 47.4 Å². The Morgan fingerprint density at radius 2 is 1.79 bits per heavy atom. The molecule has 0 bridgehead atoms. The Labute approximate surface area is 170 Å². The number of rotatable bonds is 3. The van der Waals surface area contributed by atoms with E-state index in [0.29, 0.717) is 50.1 Å². The summed E-state index contributed by atoms with van der Waals surface area (Å²) in [6.45, 7) is 1.13. The third-order valence-corrected chi connectivity index (χ3v) is 6.15. The third kappa shape index (κ3) is 3.29. The molecule has 0 aromatic heterocycles. The highest BCUT2D eigenvalue weighted by Crippen LogP contribution is 2.38. The van der Waals surface area contributed by atoms with Crippen LogP contribution in [0.3, 0.4) is 0 Å². The molecule has 0 saturated carbocycles. The zero-order valence-corrected chi connectivity index (χ0v) is 16.3. The summed E-state index contributed by atoms with van der Waals surface area (Å²) in [5.41, 5.74) is 1.28. The number of ether oxygens (including phenoxy) is 1. The van der Waals surface area contributed by atoms with Crippen LogP contribution in [0.5, 0.6) is 5.75 Å². The summed E-state index contributed by atoms with van der Waals surface area (Å²) >= 11 is 0. The quantitative estimate of drug-likeness (QED) is 0.671. The molecular formula is C25H23NO3. The van der Waals surface area contributed by atoms with Crippen LogP contribution in [0.25, 0.3) is 10.8 Å². The number of likely N-dealkylation sites (tertiary alicyclic amines) is 1. The molecule has 29 heavy (non-hydrogen) atoms. The minimum Gasteiger partial charge on any atom is -0.484 e. The first-order valence-corrected chi connectivity index (χ1v) is 10.2. The first-order valence-electron chi connectivity index (χ1n) is 10.2. The standard InChI is InChI=1S/C25H23NO3/c27-22-16-25(29-23-11-4-3-10-21(22)23)14-15-26(17-25)24(28)13-12-19-8-5-7-18-6-1-2-9-20(18)19/h1-11H,12-17H2. The topological polar surface area (TPSA) is 46.6 Å². The van der Waals surface area contributed by atoms with Gasteiger partial charge in [-0.2, -0.15) is 0 Å². The van der Waals surface area contributed by atoms with Crippen LogP contribution < -0.4 is 4.74 Å². The normalized spacial score (nSPS) is 20.7. The molecule has 1 unspecified atom stereocenters. The van der Waals surface area contributed by atoms with Crippen molar-refractivity contribution in [3.63, 3.8) is 0 Å². The molecule has 2 aliphatic rings. The summed E-state index contributed by atoms with van der Waals surface area (Å²) < 4.78 is 6.24. The predicted molar refractivity (Wildman–Crippen MR) is 112 cm³/mol. The van der Waals surface area contributed by atoms with E-state index in [4.69, 9.17) is 4.74 Å². The Balaban J connectivity index is 1.27. The maximum absolute atomic E-state index is 12.9. The lowest BCUT2D eigenvalue weighted by molar-refractivity contribution is -0.130. The van der Waals surface area contributed by atoms with Gasteiger partial charge in [-0.15, -0.1) is 0 Å². The largest absolute Gasteiger partial charge is 0.484 e. The summed E-state index contributed by atoms with van der Waals surface area (Å²) in [5.74, 6) is 0.885. The van der Waals surface area contributed by atoms with Crippen molar-refractivity contribution in [2.24, 2.45) is 0 Å². The van der Waals surface area contributed by atoms with Crippen LogP contribution >= 0.6 is 0 Å². The molecule has 3 aromatic carbocycles. The number of carbonyl (C=O) groups excluding carboxylic acids is 2. The van der Waals surface area contributed by atoms with Gasteiger partial charge in [0.15, 0.2) is 5.78 Å². The fourth-order valence-electron chi connectivity index (χ4n) is 4.64. The second-order valence-electron chi connectivity index (χ2n) is 8.08. The van der Waals surface area contributed by atoms with E-state index in [1.54, 1.807) is 0 Å². The van der Waals surface area contributed by atoms with Gasteiger partial charge < -0.3 is 9.64 Å². The van der Waals surface area contributed by atoms with Crippen LogP contribution in [0, 0.1) is 0 Å². The van der Waals surface area contributed by atoms with E-state index in [2.05, 4.69) is 24.3 Å². The van der Waals surface area contributed by atoms with Crippen LogP contribution in [-0.2, 0) is 11.2 Å². The number of aryl methyl sites for hydroxylation is 1. The third-order valence-electron chi connectivity index (χ3n) is 6.15. The van der Waals surface area contributed by atoms with E-state index in [9.17, 15) is 9.59 Å². The van der Waals surface area contributed by atoms with Crippen LogP contribution in [-0.4, -0.2) is 35.3 Å². The van der Waals surface area contributed by atoms with Gasteiger partial charge in [-0.3, -0.25) is 9.59 Å². The van der Waals surface area contributed by atoms with E-state index in [1.165, 1.54) is 16.3 Å². The van der Waals surface area contributed by atoms with Gasteiger partial charge in [-0.25, -0.2) is 0 Å². The van der Waals surface area contributed by atoms with Crippen molar-refractivity contribution in [3.05, 3.63) is 77.9 Å².